The van der Waals surface area contributed by atoms with Gasteiger partial charge in [0.15, 0.2) is 11.7 Å². The standard InChI is InChI=1S/C19H15FN4O3S2/c1-11-3-2-4-13(7-11)26-9-17-23-24-19(27-17)28-10-16(25)22-18-21-14-6-5-12(20)8-15(14)29-18/h2-8H,9-10H2,1H3,(H,21,22,25). The Bertz CT molecular complexity index is 1160. The summed E-state index contributed by atoms with van der Waals surface area (Å²) in [5.41, 5.74) is 1.73. The van der Waals surface area contributed by atoms with Gasteiger partial charge < -0.3 is 14.5 Å². The van der Waals surface area contributed by atoms with Crippen LogP contribution < -0.4 is 10.1 Å². The summed E-state index contributed by atoms with van der Waals surface area (Å²) in [6.45, 7) is 2.12. The number of hydrogen-bond donors (Lipinski definition) is 1. The lowest BCUT2D eigenvalue weighted by molar-refractivity contribution is -0.113. The molecule has 4 rings (SSSR count). The van der Waals surface area contributed by atoms with Crippen molar-refractivity contribution in [2.45, 2.75) is 18.8 Å². The topological polar surface area (TPSA) is 90.1 Å². The molecule has 0 saturated carbocycles. The summed E-state index contributed by atoms with van der Waals surface area (Å²) in [5, 5.41) is 11.2. The molecule has 0 aliphatic heterocycles. The van der Waals surface area contributed by atoms with Crippen LogP contribution in [0.2, 0.25) is 0 Å². The summed E-state index contributed by atoms with van der Waals surface area (Å²) in [4.78, 5) is 16.4. The smallest absolute Gasteiger partial charge is 0.277 e. The fraction of sp³-hybridized carbons (Fsp3) is 0.158. The van der Waals surface area contributed by atoms with E-state index in [1.165, 1.54) is 23.5 Å². The molecule has 0 atom stereocenters. The van der Waals surface area contributed by atoms with Crippen molar-refractivity contribution in [2.24, 2.45) is 0 Å². The van der Waals surface area contributed by atoms with Crippen molar-refractivity contribution in [3.05, 3.63) is 59.7 Å². The first-order valence-corrected chi connectivity index (χ1v) is 10.4. The maximum atomic E-state index is 13.2. The maximum absolute atomic E-state index is 13.2. The molecule has 0 aliphatic carbocycles. The van der Waals surface area contributed by atoms with Gasteiger partial charge in [0, 0.05) is 0 Å². The van der Waals surface area contributed by atoms with Crippen molar-refractivity contribution in [3.63, 3.8) is 0 Å². The molecule has 4 aromatic rings. The van der Waals surface area contributed by atoms with Gasteiger partial charge in [-0.05, 0) is 42.8 Å². The summed E-state index contributed by atoms with van der Waals surface area (Å²) in [7, 11) is 0. The van der Waals surface area contributed by atoms with E-state index >= 15 is 0 Å². The highest BCUT2D eigenvalue weighted by Crippen LogP contribution is 2.27. The molecule has 0 saturated heterocycles. The lowest BCUT2D eigenvalue weighted by Crippen LogP contribution is -2.13. The lowest BCUT2D eigenvalue weighted by Gasteiger charge is -2.03. The van der Waals surface area contributed by atoms with E-state index in [-0.39, 0.29) is 29.3 Å². The number of ether oxygens (including phenoxy) is 1. The van der Waals surface area contributed by atoms with Gasteiger partial charge in [0.25, 0.3) is 11.1 Å². The van der Waals surface area contributed by atoms with Crippen LogP contribution in [0.5, 0.6) is 5.75 Å². The van der Waals surface area contributed by atoms with Gasteiger partial charge in [0.1, 0.15) is 11.6 Å². The van der Waals surface area contributed by atoms with Gasteiger partial charge in [-0.15, -0.1) is 10.2 Å². The molecule has 0 aliphatic rings. The molecule has 7 nitrogen and oxygen atoms in total. The molecular weight excluding hydrogens is 415 g/mol. The average Bonchev–Trinajstić information content (AvgIpc) is 3.30. The zero-order valence-corrected chi connectivity index (χ0v) is 16.8. The molecule has 1 N–H and O–H groups in total. The fourth-order valence-electron chi connectivity index (χ4n) is 2.44. The second kappa shape index (κ2) is 8.58. The Labute approximate surface area is 173 Å². The van der Waals surface area contributed by atoms with Crippen molar-refractivity contribution >= 4 is 44.4 Å². The number of rotatable bonds is 7. The highest BCUT2D eigenvalue weighted by Gasteiger charge is 2.12. The SMILES string of the molecule is Cc1cccc(OCc2nnc(SCC(=O)Nc3nc4ccc(F)cc4s3)o2)c1. The quantitative estimate of drug-likeness (QED) is 0.434. The van der Waals surface area contributed by atoms with E-state index in [2.05, 4.69) is 20.5 Å². The third-order valence-electron chi connectivity index (χ3n) is 3.72. The zero-order chi connectivity index (χ0) is 20.2. The van der Waals surface area contributed by atoms with Crippen LogP contribution in [0, 0.1) is 12.7 Å². The first-order valence-electron chi connectivity index (χ1n) is 8.56. The summed E-state index contributed by atoms with van der Waals surface area (Å²) < 4.78 is 25.0. The van der Waals surface area contributed by atoms with E-state index in [0.29, 0.717) is 27.0 Å². The molecule has 0 radical (unpaired) electrons. The van der Waals surface area contributed by atoms with E-state index < -0.39 is 0 Å². The van der Waals surface area contributed by atoms with Gasteiger partial charge in [-0.3, -0.25) is 4.79 Å². The minimum absolute atomic E-state index is 0.0741. The molecule has 1 amide bonds. The van der Waals surface area contributed by atoms with Crippen LogP contribution in [0.25, 0.3) is 10.2 Å². The summed E-state index contributed by atoms with van der Waals surface area (Å²) in [6.07, 6.45) is 0. The summed E-state index contributed by atoms with van der Waals surface area (Å²) in [6, 6.07) is 11.9. The number of thiazole rings is 1. The molecule has 29 heavy (non-hydrogen) atoms. The molecular formula is C19H15FN4O3S2. The van der Waals surface area contributed by atoms with Gasteiger partial charge >= 0.3 is 0 Å². The van der Waals surface area contributed by atoms with Crippen LogP contribution in [0.4, 0.5) is 9.52 Å². The molecule has 0 spiro atoms. The van der Waals surface area contributed by atoms with Gasteiger partial charge in [-0.1, -0.05) is 35.2 Å². The number of aryl methyl sites for hydroxylation is 1. The number of hydrogen-bond acceptors (Lipinski definition) is 8. The highest BCUT2D eigenvalue weighted by atomic mass is 32.2. The number of thioether (sulfide) groups is 1. The average molecular weight is 430 g/mol. The number of carbonyl (C=O) groups excluding carboxylic acids is 1. The predicted molar refractivity (Wildman–Crippen MR) is 109 cm³/mol. The zero-order valence-electron chi connectivity index (χ0n) is 15.2. The van der Waals surface area contributed by atoms with Crippen LogP contribution in [0.3, 0.4) is 0 Å². The van der Waals surface area contributed by atoms with Gasteiger partial charge in [0.2, 0.25) is 5.91 Å². The molecule has 2 aromatic heterocycles. The molecule has 148 valence electrons. The minimum Gasteiger partial charge on any atom is -0.484 e. The van der Waals surface area contributed by atoms with Crippen LogP contribution in [-0.4, -0.2) is 26.8 Å². The lowest BCUT2D eigenvalue weighted by atomic mass is 10.2. The predicted octanol–water partition coefficient (Wildman–Crippen LogP) is 4.44. The number of aromatic nitrogens is 3. The van der Waals surface area contributed by atoms with Crippen molar-refractivity contribution in [2.75, 3.05) is 11.1 Å². The number of anilines is 1. The normalized spacial score (nSPS) is 11.0. The number of carbonyl (C=O) groups is 1. The van der Waals surface area contributed by atoms with E-state index in [9.17, 15) is 9.18 Å². The fourth-order valence-corrected chi connectivity index (χ4v) is 3.93. The van der Waals surface area contributed by atoms with Crippen LogP contribution >= 0.6 is 23.1 Å². The van der Waals surface area contributed by atoms with E-state index in [4.69, 9.17) is 9.15 Å². The van der Waals surface area contributed by atoms with E-state index in [1.807, 2.05) is 31.2 Å². The molecule has 0 bridgehead atoms. The Balaban J connectivity index is 1.28. The van der Waals surface area contributed by atoms with Crippen molar-refractivity contribution in [1.82, 2.24) is 15.2 Å². The van der Waals surface area contributed by atoms with E-state index in [1.54, 1.807) is 6.07 Å². The maximum Gasteiger partial charge on any atom is 0.277 e. The van der Waals surface area contributed by atoms with Crippen molar-refractivity contribution < 1.29 is 18.3 Å². The Kier molecular flexibility index (Phi) is 5.72. The Morgan fingerprint density at radius 1 is 1.28 bits per heavy atom. The second-order valence-electron chi connectivity index (χ2n) is 6.03. The van der Waals surface area contributed by atoms with Gasteiger partial charge in [-0.2, -0.15) is 0 Å². The largest absolute Gasteiger partial charge is 0.484 e. The van der Waals surface area contributed by atoms with Crippen LogP contribution in [-0.2, 0) is 11.4 Å². The number of nitrogens with zero attached hydrogens (tertiary/aromatic N) is 3. The Morgan fingerprint density at radius 3 is 3.03 bits per heavy atom. The van der Waals surface area contributed by atoms with Gasteiger partial charge in [-0.25, -0.2) is 9.37 Å². The number of halogens is 1. The third-order valence-corrected chi connectivity index (χ3v) is 5.48. The highest BCUT2D eigenvalue weighted by molar-refractivity contribution is 7.99. The van der Waals surface area contributed by atoms with Crippen LogP contribution in [0.1, 0.15) is 11.5 Å². The van der Waals surface area contributed by atoms with Crippen molar-refractivity contribution in [3.8, 4) is 5.75 Å². The number of benzene rings is 2. The number of fused-ring (bicyclic) bond motifs is 1. The second-order valence-corrected chi connectivity index (χ2v) is 7.99. The summed E-state index contributed by atoms with van der Waals surface area (Å²) >= 11 is 2.32. The number of amides is 1. The van der Waals surface area contributed by atoms with Crippen molar-refractivity contribution in [1.29, 1.82) is 0 Å². The molecule has 10 heteroatoms. The Hall–Kier alpha value is -2.98. The molecule has 0 fully saturated rings. The molecule has 2 aromatic carbocycles. The molecule has 0 unspecified atom stereocenters. The monoisotopic (exact) mass is 430 g/mol. The minimum atomic E-state index is -0.340. The third kappa shape index (κ3) is 5.09. The van der Waals surface area contributed by atoms with Crippen LogP contribution in [0.15, 0.2) is 52.1 Å². The van der Waals surface area contributed by atoms with Gasteiger partial charge in [0.05, 0.1) is 16.0 Å². The first-order chi connectivity index (χ1) is 14.0. The molecule has 2 heterocycles. The van der Waals surface area contributed by atoms with E-state index in [0.717, 1.165) is 17.3 Å². The number of nitrogens with one attached hydrogen (secondary N) is 1. The first kappa shape index (κ1) is 19.3. The summed E-state index contributed by atoms with van der Waals surface area (Å²) in [5.74, 6) is 0.499. The Morgan fingerprint density at radius 2 is 2.17 bits per heavy atom.